The SMILES string of the molecule is CSc1ccc(Oc2cccc(C(=O)O)n2)cc1. The first kappa shape index (κ1) is 12.4. The summed E-state index contributed by atoms with van der Waals surface area (Å²) >= 11 is 1.64. The van der Waals surface area contributed by atoms with Gasteiger partial charge in [-0.25, -0.2) is 9.78 Å². The van der Waals surface area contributed by atoms with Crippen LogP contribution in [0.25, 0.3) is 0 Å². The van der Waals surface area contributed by atoms with E-state index in [1.807, 2.05) is 30.5 Å². The molecule has 0 aliphatic heterocycles. The second kappa shape index (κ2) is 5.55. The Bertz CT molecular complexity index is 554. The monoisotopic (exact) mass is 261 g/mol. The average molecular weight is 261 g/mol. The van der Waals surface area contributed by atoms with Gasteiger partial charge >= 0.3 is 5.97 Å². The van der Waals surface area contributed by atoms with E-state index in [-0.39, 0.29) is 11.6 Å². The molecule has 0 amide bonds. The van der Waals surface area contributed by atoms with Gasteiger partial charge in [0.15, 0.2) is 5.69 Å². The summed E-state index contributed by atoms with van der Waals surface area (Å²) in [5, 5.41) is 8.82. The highest BCUT2D eigenvalue weighted by Gasteiger charge is 2.06. The first-order valence-corrected chi connectivity index (χ1v) is 6.44. The maximum atomic E-state index is 10.8. The summed E-state index contributed by atoms with van der Waals surface area (Å²) in [5.74, 6) is -0.173. The van der Waals surface area contributed by atoms with Crippen molar-refractivity contribution in [3.05, 3.63) is 48.2 Å². The number of rotatable bonds is 4. The van der Waals surface area contributed by atoms with Crippen molar-refractivity contribution in [2.24, 2.45) is 0 Å². The molecule has 5 heteroatoms. The maximum absolute atomic E-state index is 10.8. The molecular formula is C13H11NO3S. The maximum Gasteiger partial charge on any atom is 0.354 e. The van der Waals surface area contributed by atoms with Gasteiger partial charge in [0.25, 0.3) is 0 Å². The van der Waals surface area contributed by atoms with Crippen LogP contribution in [0.1, 0.15) is 10.5 Å². The number of ether oxygens (including phenoxy) is 1. The zero-order valence-corrected chi connectivity index (χ0v) is 10.5. The Morgan fingerprint density at radius 2 is 1.94 bits per heavy atom. The number of carboxylic acid groups (broad SMARTS) is 1. The molecule has 4 nitrogen and oxygen atoms in total. The van der Waals surface area contributed by atoms with Crippen LogP contribution < -0.4 is 4.74 Å². The van der Waals surface area contributed by atoms with E-state index in [4.69, 9.17) is 9.84 Å². The number of nitrogens with zero attached hydrogens (tertiary/aromatic N) is 1. The minimum atomic E-state index is -1.07. The topological polar surface area (TPSA) is 59.4 Å². The van der Waals surface area contributed by atoms with Gasteiger partial charge in [0.2, 0.25) is 5.88 Å². The summed E-state index contributed by atoms with van der Waals surface area (Å²) in [6.07, 6.45) is 1.99. The first-order valence-electron chi connectivity index (χ1n) is 5.21. The van der Waals surface area contributed by atoms with Crippen molar-refractivity contribution >= 4 is 17.7 Å². The third-order valence-corrected chi connectivity index (χ3v) is 2.97. The number of hydrogen-bond acceptors (Lipinski definition) is 4. The molecule has 1 aromatic heterocycles. The fourth-order valence-corrected chi connectivity index (χ4v) is 1.76. The van der Waals surface area contributed by atoms with E-state index in [1.165, 1.54) is 6.07 Å². The molecule has 92 valence electrons. The van der Waals surface area contributed by atoms with E-state index in [2.05, 4.69) is 4.98 Å². The summed E-state index contributed by atoms with van der Waals surface area (Å²) in [6, 6.07) is 12.1. The van der Waals surface area contributed by atoms with Gasteiger partial charge in [0.1, 0.15) is 5.75 Å². The molecule has 0 bridgehead atoms. The van der Waals surface area contributed by atoms with Gasteiger partial charge in [0, 0.05) is 11.0 Å². The van der Waals surface area contributed by atoms with Crippen LogP contribution in [0.3, 0.4) is 0 Å². The minimum Gasteiger partial charge on any atom is -0.477 e. The van der Waals surface area contributed by atoms with E-state index < -0.39 is 5.97 Å². The number of pyridine rings is 1. The Kier molecular flexibility index (Phi) is 3.84. The zero-order chi connectivity index (χ0) is 13.0. The highest BCUT2D eigenvalue weighted by molar-refractivity contribution is 7.98. The number of aromatic nitrogens is 1. The lowest BCUT2D eigenvalue weighted by molar-refractivity contribution is 0.0689. The van der Waals surface area contributed by atoms with Gasteiger partial charge in [0.05, 0.1) is 0 Å². The van der Waals surface area contributed by atoms with Gasteiger partial charge in [-0.05, 0) is 36.6 Å². The second-order valence-electron chi connectivity index (χ2n) is 3.44. The van der Waals surface area contributed by atoms with Crippen LogP contribution in [-0.2, 0) is 0 Å². The van der Waals surface area contributed by atoms with Crippen LogP contribution in [0.15, 0.2) is 47.4 Å². The molecule has 0 saturated carbocycles. The van der Waals surface area contributed by atoms with Crippen molar-refractivity contribution in [2.45, 2.75) is 4.90 Å². The third kappa shape index (κ3) is 3.01. The molecule has 0 spiro atoms. The Labute approximate surface area is 109 Å². The lowest BCUT2D eigenvalue weighted by Gasteiger charge is -2.05. The first-order chi connectivity index (χ1) is 8.69. The van der Waals surface area contributed by atoms with E-state index in [1.54, 1.807) is 23.9 Å². The molecule has 2 aromatic rings. The summed E-state index contributed by atoms with van der Waals surface area (Å²) in [6.45, 7) is 0. The molecular weight excluding hydrogens is 250 g/mol. The predicted octanol–water partition coefficient (Wildman–Crippen LogP) is 3.29. The Morgan fingerprint density at radius 1 is 1.22 bits per heavy atom. The zero-order valence-electron chi connectivity index (χ0n) is 9.66. The quantitative estimate of drug-likeness (QED) is 0.856. The van der Waals surface area contributed by atoms with Gasteiger partial charge in [-0.15, -0.1) is 11.8 Å². The van der Waals surface area contributed by atoms with Crippen molar-refractivity contribution in [3.63, 3.8) is 0 Å². The minimum absolute atomic E-state index is 0.0340. The lowest BCUT2D eigenvalue weighted by Crippen LogP contribution is -2.00. The van der Waals surface area contributed by atoms with Crippen LogP contribution in [0, 0.1) is 0 Å². The van der Waals surface area contributed by atoms with Crippen molar-refractivity contribution in [1.29, 1.82) is 0 Å². The number of thioether (sulfide) groups is 1. The largest absolute Gasteiger partial charge is 0.477 e. The van der Waals surface area contributed by atoms with Crippen LogP contribution in [0.2, 0.25) is 0 Å². The van der Waals surface area contributed by atoms with Crippen LogP contribution in [0.4, 0.5) is 0 Å². The summed E-state index contributed by atoms with van der Waals surface area (Å²) in [4.78, 5) is 15.8. The van der Waals surface area contributed by atoms with Crippen LogP contribution >= 0.6 is 11.8 Å². The molecule has 0 fully saturated rings. The smallest absolute Gasteiger partial charge is 0.354 e. The molecule has 1 N–H and O–H groups in total. The lowest BCUT2D eigenvalue weighted by atomic mass is 10.3. The Morgan fingerprint density at radius 3 is 2.56 bits per heavy atom. The Hall–Kier alpha value is -2.01. The molecule has 0 unspecified atom stereocenters. The second-order valence-corrected chi connectivity index (χ2v) is 4.32. The van der Waals surface area contributed by atoms with Gasteiger partial charge in [-0.3, -0.25) is 0 Å². The molecule has 2 rings (SSSR count). The molecule has 0 atom stereocenters. The number of carbonyl (C=O) groups is 1. The van der Waals surface area contributed by atoms with E-state index in [9.17, 15) is 4.79 Å². The van der Waals surface area contributed by atoms with Crippen molar-refractivity contribution < 1.29 is 14.6 Å². The van der Waals surface area contributed by atoms with E-state index in [0.29, 0.717) is 5.75 Å². The standard InChI is InChI=1S/C13H11NO3S/c1-18-10-7-5-9(6-8-10)17-12-4-2-3-11(14-12)13(15)16/h2-8H,1H3,(H,15,16). The molecule has 0 saturated heterocycles. The number of benzene rings is 1. The van der Waals surface area contributed by atoms with E-state index >= 15 is 0 Å². The fourth-order valence-electron chi connectivity index (χ4n) is 1.36. The molecule has 1 aromatic carbocycles. The fraction of sp³-hybridized carbons (Fsp3) is 0.0769. The van der Waals surface area contributed by atoms with Gasteiger partial charge in [-0.2, -0.15) is 0 Å². The average Bonchev–Trinajstić information content (AvgIpc) is 2.40. The molecule has 0 aliphatic rings. The van der Waals surface area contributed by atoms with Crippen molar-refractivity contribution in [1.82, 2.24) is 4.98 Å². The number of aromatic carboxylic acids is 1. The Balaban J connectivity index is 2.17. The van der Waals surface area contributed by atoms with Crippen molar-refractivity contribution in [3.8, 4) is 11.6 Å². The van der Waals surface area contributed by atoms with E-state index in [0.717, 1.165) is 4.90 Å². The molecule has 1 heterocycles. The molecule has 0 aliphatic carbocycles. The summed E-state index contributed by atoms with van der Waals surface area (Å²) in [5.41, 5.74) is -0.0340. The summed E-state index contributed by atoms with van der Waals surface area (Å²) in [7, 11) is 0. The van der Waals surface area contributed by atoms with Crippen LogP contribution in [0.5, 0.6) is 11.6 Å². The molecule has 18 heavy (non-hydrogen) atoms. The highest BCUT2D eigenvalue weighted by Crippen LogP contribution is 2.23. The predicted molar refractivity (Wildman–Crippen MR) is 69.5 cm³/mol. The number of hydrogen-bond donors (Lipinski definition) is 1. The molecule has 0 radical (unpaired) electrons. The highest BCUT2D eigenvalue weighted by atomic mass is 32.2. The summed E-state index contributed by atoms with van der Waals surface area (Å²) < 4.78 is 5.48. The van der Waals surface area contributed by atoms with Crippen LogP contribution in [-0.4, -0.2) is 22.3 Å². The normalized spacial score (nSPS) is 10.1. The van der Waals surface area contributed by atoms with Crippen molar-refractivity contribution in [2.75, 3.05) is 6.26 Å². The van der Waals surface area contributed by atoms with Gasteiger partial charge in [-0.1, -0.05) is 6.07 Å². The van der Waals surface area contributed by atoms with Gasteiger partial charge < -0.3 is 9.84 Å². The number of carboxylic acids is 1. The third-order valence-electron chi connectivity index (χ3n) is 2.22.